The Balaban J connectivity index is 2.36. The van der Waals surface area contributed by atoms with Gasteiger partial charge in [0.2, 0.25) is 0 Å². The SMILES string of the molecule is CCC(C)NC(=O)COc1ccc(CCN)nc1. The highest BCUT2D eigenvalue weighted by molar-refractivity contribution is 5.77. The molecule has 1 aromatic rings. The second-order valence-corrected chi connectivity index (χ2v) is 4.19. The summed E-state index contributed by atoms with van der Waals surface area (Å²) in [5.74, 6) is 0.477. The maximum absolute atomic E-state index is 11.5. The number of carbonyl (C=O) groups excluding carboxylic acids is 1. The van der Waals surface area contributed by atoms with Crippen LogP contribution in [0.5, 0.6) is 5.75 Å². The van der Waals surface area contributed by atoms with E-state index in [1.165, 1.54) is 0 Å². The highest BCUT2D eigenvalue weighted by Gasteiger charge is 2.06. The first kappa shape index (κ1) is 14.4. The second kappa shape index (κ2) is 7.66. The molecule has 1 unspecified atom stereocenters. The molecule has 1 rings (SSSR count). The summed E-state index contributed by atoms with van der Waals surface area (Å²) in [4.78, 5) is 15.7. The molecule has 0 aliphatic rings. The quantitative estimate of drug-likeness (QED) is 0.754. The predicted octanol–water partition coefficient (Wildman–Crippen LogP) is 0.876. The van der Waals surface area contributed by atoms with E-state index in [1.54, 1.807) is 12.3 Å². The summed E-state index contributed by atoms with van der Waals surface area (Å²) >= 11 is 0. The number of aromatic nitrogens is 1. The van der Waals surface area contributed by atoms with E-state index in [2.05, 4.69) is 10.3 Å². The molecule has 1 heterocycles. The smallest absolute Gasteiger partial charge is 0.258 e. The molecule has 3 N–H and O–H groups in total. The molecule has 0 spiro atoms. The average molecular weight is 251 g/mol. The molecule has 0 aliphatic carbocycles. The Morgan fingerprint density at radius 2 is 2.33 bits per heavy atom. The molecule has 0 fully saturated rings. The maximum Gasteiger partial charge on any atom is 0.258 e. The van der Waals surface area contributed by atoms with E-state index in [0.717, 1.165) is 18.5 Å². The van der Waals surface area contributed by atoms with Crippen LogP contribution in [0.1, 0.15) is 26.0 Å². The standard InChI is InChI=1S/C13H21N3O2/c1-3-10(2)16-13(17)9-18-12-5-4-11(6-7-14)15-8-12/h4-5,8,10H,3,6-7,9,14H2,1-2H3,(H,16,17). The van der Waals surface area contributed by atoms with Crippen molar-refractivity contribution < 1.29 is 9.53 Å². The Kier molecular flexibility index (Phi) is 6.14. The number of amides is 1. The van der Waals surface area contributed by atoms with Gasteiger partial charge >= 0.3 is 0 Å². The van der Waals surface area contributed by atoms with Gasteiger partial charge in [-0.1, -0.05) is 6.92 Å². The molecule has 0 aliphatic heterocycles. The Morgan fingerprint density at radius 1 is 1.56 bits per heavy atom. The summed E-state index contributed by atoms with van der Waals surface area (Å²) in [6, 6.07) is 3.83. The molecule has 1 amide bonds. The largest absolute Gasteiger partial charge is 0.482 e. The molecule has 1 atom stereocenters. The Bertz CT molecular complexity index is 365. The van der Waals surface area contributed by atoms with Crippen molar-refractivity contribution in [2.24, 2.45) is 5.73 Å². The fourth-order valence-electron chi connectivity index (χ4n) is 1.36. The van der Waals surface area contributed by atoms with Crippen LogP contribution < -0.4 is 15.8 Å². The number of nitrogens with zero attached hydrogens (tertiary/aromatic N) is 1. The zero-order valence-electron chi connectivity index (χ0n) is 11.0. The topological polar surface area (TPSA) is 77.2 Å². The van der Waals surface area contributed by atoms with Crippen LogP contribution in [0.4, 0.5) is 0 Å². The first-order chi connectivity index (χ1) is 8.65. The van der Waals surface area contributed by atoms with E-state index < -0.39 is 0 Å². The number of pyridine rings is 1. The van der Waals surface area contributed by atoms with Crippen LogP contribution in [0.25, 0.3) is 0 Å². The van der Waals surface area contributed by atoms with Crippen molar-refractivity contribution in [2.45, 2.75) is 32.7 Å². The highest BCUT2D eigenvalue weighted by Crippen LogP contribution is 2.09. The number of hydrogen-bond donors (Lipinski definition) is 2. The van der Waals surface area contributed by atoms with Gasteiger partial charge in [-0.3, -0.25) is 9.78 Å². The zero-order chi connectivity index (χ0) is 13.4. The normalized spacial score (nSPS) is 11.9. The van der Waals surface area contributed by atoms with E-state index in [1.807, 2.05) is 19.9 Å². The minimum atomic E-state index is -0.115. The fourth-order valence-corrected chi connectivity index (χ4v) is 1.36. The highest BCUT2D eigenvalue weighted by atomic mass is 16.5. The minimum absolute atomic E-state index is 0.0161. The van der Waals surface area contributed by atoms with E-state index in [-0.39, 0.29) is 18.6 Å². The van der Waals surface area contributed by atoms with Gasteiger partial charge in [-0.05, 0) is 32.0 Å². The van der Waals surface area contributed by atoms with Gasteiger partial charge in [-0.15, -0.1) is 0 Å². The van der Waals surface area contributed by atoms with Gasteiger partial charge in [0.05, 0.1) is 6.20 Å². The van der Waals surface area contributed by atoms with Gasteiger partial charge in [-0.25, -0.2) is 0 Å². The van der Waals surface area contributed by atoms with Gasteiger partial charge < -0.3 is 15.8 Å². The van der Waals surface area contributed by atoms with Crippen LogP contribution in [0.15, 0.2) is 18.3 Å². The van der Waals surface area contributed by atoms with Gasteiger partial charge in [-0.2, -0.15) is 0 Å². The molecule has 0 radical (unpaired) electrons. The Hall–Kier alpha value is -1.62. The van der Waals surface area contributed by atoms with Crippen LogP contribution >= 0.6 is 0 Å². The van der Waals surface area contributed by atoms with Crippen molar-refractivity contribution >= 4 is 5.91 Å². The lowest BCUT2D eigenvalue weighted by atomic mass is 10.2. The van der Waals surface area contributed by atoms with Gasteiger partial charge in [0.25, 0.3) is 5.91 Å². The van der Waals surface area contributed by atoms with E-state index in [9.17, 15) is 4.79 Å². The van der Waals surface area contributed by atoms with Crippen LogP contribution in [0.3, 0.4) is 0 Å². The van der Waals surface area contributed by atoms with Crippen molar-refractivity contribution in [2.75, 3.05) is 13.2 Å². The van der Waals surface area contributed by atoms with Crippen LogP contribution in [-0.4, -0.2) is 30.1 Å². The van der Waals surface area contributed by atoms with E-state index in [4.69, 9.17) is 10.5 Å². The third-order valence-corrected chi connectivity index (χ3v) is 2.59. The summed E-state index contributed by atoms with van der Waals surface area (Å²) in [6.45, 7) is 4.57. The summed E-state index contributed by atoms with van der Waals surface area (Å²) in [5.41, 5.74) is 6.36. The zero-order valence-corrected chi connectivity index (χ0v) is 11.0. The van der Waals surface area contributed by atoms with Gasteiger partial charge in [0.1, 0.15) is 5.75 Å². The third kappa shape index (κ3) is 5.14. The summed E-state index contributed by atoms with van der Waals surface area (Å²) < 4.78 is 5.34. The third-order valence-electron chi connectivity index (χ3n) is 2.59. The molecular weight excluding hydrogens is 230 g/mol. The first-order valence-electron chi connectivity index (χ1n) is 6.22. The molecule has 18 heavy (non-hydrogen) atoms. The second-order valence-electron chi connectivity index (χ2n) is 4.19. The summed E-state index contributed by atoms with van der Waals surface area (Å²) in [6.07, 6.45) is 3.26. The van der Waals surface area contributed by atoms with Gasteiger partial charge in [0, 0.05) is 18.2 Å². The molecule has 5 heteroatoms. The maximum atomic E-state index is 11.5. The molecule has 100 valence electrons. The monoisotopic (exact) mass is 251 g/mol. The fraction of sp³-hybridized carbons (Fsp3) is 0.538. The van der Waals surface area contributed by atoms with Crippen molar-refractivity contribution in [3.05, 3.63) is 24.0 Å². The number of hydrogen-bond acceptors (Lipinski definition) is 4. The van der Waals surface area contributed by atoms with Crippen LogP contribution in [0, 0.1) is 0 Å². The molecule has 5 nitrogen and oxygen atoms in total. The Labute approximate surface area is 108 Å². The number of carbonyl (C=O) groups is 1. The molecule has 0 aromatic carbocycles. The van der Waals surface area contributed by atoms with Crippen molar-refractivity contribution in [1.29, 1.82) is 0 Å². The summed E-state index contributed by atoms with van der Waals surface area (Å²) in [5, 5.41) is 2.83. The van der Waals surface area contributed by atoms with Crippen molar-refractivity contribution in [3.63, 3.8) is 0 Å². The first-order valence-corrected chi connectivity index (χ1v) is 6.22. The number of ether oxygens (including phenoxy) is 1. The van der Waals surface area contributed by atoms with Gasteiger partial charge in [0.15, 0.2) is 6.61 Å². The molecule has 0 saturated carbocycles. The van der Waals surface area contributed by atoms with Crippen molar-refractivity contribution in [3.8, 4) is 5.75 Å². The molecule has 1 aromatic heterocycles. The van der Waals surface area contributed by atoms with Crippen molar-refractivity contribution in [1.82, 2.24) is 10.3 Å². The lowest BCUT2D eigenvalue weighted by Crippen LogP contribution is -2.35. The number of nitrogens with one attached hydrogen (secondary N) is 1. The van der Waals surface area contributed by atoms with E-state index in [0.29, 0.717) is 12.3 Å². The molecule has 0 saturated heterocycles. The average Bonchev–Trinajstić information content (AvgIpc) is 2.38. The Morgan fingerprint density at radius 3 is 2.89 bits per heavy atom. The number of rotatable bonds is 7. The number of nitrogens with two attached hydrogens (primary N) is 1. The summed E-state index contributed by atoms with van der Waals surface area (Å²) in [7, 11) is 0. The predicted molar refractivity (Wildman–Crippen MR) is 70.4 cm³/mol. The lowest BCUT2D eigenvalue weighted by Gasteiger charge is -2.12. The minimum Gasteiger partial charge on any atom is -0.482 e. The lowest BCUT2D eigenvalue weighted by molar-refractivity contribution is -0.123. The van der Waals surface area contributed by atoms with E-state index >= 15 is 0 Å². The van der Waals surface area contributed by atoms with Crippen LogP contribution in [-0.2, 0) is 11.2 Å². The molecule has 0 bridgehead atoms. The molecular formula is C13H21N3O2. The van der Waals surface area contributed by atoms with Crippen LogP contribution in [0.2, 0.25) is 0 Å².